The first-order chi connectivity index (χ1) is 10.6. The molecule has 1 aromatic rings. The van der Waals surface area contributed by atoms with E-state index in [1.807, 2.05) is 18.7 Å². The Morgan fingerprint density at radius 2 is 1.95 bits per heavy atom. The summed E-state index contributed by atoms with van der Waals surface area (Å²) in [4.78, 5) is 17.2. The van der Waals surface area contributed by atoms with Crippen LogP contribution in [0.25, 0.3) is 0 Å². The van der Waals surface area contributed by atoms with Crippen LogP contribution in [-0.2, 0) is 0 Å². The van der Waals surface area contributed by atoms with E-state index in [2.05, 4.69) is 10.1 Å². The summed E-state index contributed by atoms with van der Waals surface area (Å²) in [6, 6.07) is 2.46. The number of hydrogen-bond donors (Lipinski definition) is 0. The van der Waals surface area contributed by atoms with Gasteiger partial charge in [-0.15, -0.1) is 0 Å². The normalized spacial score (nSPS) is 24.0. The lowest BCUT2D eigenvalue weighted by molar-refractivity contribution is 0.0747. The zero-order chi connectivity index (χ0) is 15.5. The molecule has 122 valence electrons. The van der Waals surface area contributed by atoms with Gasteiger partial charge >= 0.3 is 0 Å². The van der Waals surface area contributed by atoms with Crippen molar-refractivity contribution in [3.05, 3.63) is 17.5 Å². The number of carbonyl (C=O) groups excluding carboxylic acids is 1. The molecule has 0 aromatic carbocycles. The third-order valence-electron chi connectivity index (χ3n) is 4.96. The van der Waals surface area contributed by atoms with Gasteiger partial charge in [0.25, 0.3) is 5.91 Å². The Kier molecular flexibility index (Phi) is 4.81. The predicted molar refractivity (Wildman–Crippen MR) is 84.9 cm³/mol. The van der Waals surface area contributed by atoms with Crippen LogP contribution in [0.2, 0.25) is 0 Å². The van der Waals surface area contributed by atoms with Gasteiger partial charge in [0.2, 0.25) is 0 Å². The molecule has 1 atom stereocenters. The highest BCUT2D eigenvalue weighted by Crippen LogP contribution is 2.22. The maximum Gasteiger partial charge on any atom is 0.276 e. The molecule has 2 aliphatic rings. The number of aromatic nitrogens is 1. The summed E-state index contributed by atoms with van der Waals surface area (Å²) in [6.07, 6.45) is 6.04. The standard InChI is InChI=1S/C17H27N3O2/c1-13(2)16-12-15(18-22-16)17(21)20-10-5-6-14(7-11-20)19-8-3-4-9-19/h12-14H,3-11H2,1-2H3/t14-/m0/s1. The summed E-state index contributed by atoms with van der Waals surface area (Å²) >= 11 is 0. The molecule has 0 radical (unpaired) electrons. The first kappa shape index (κ1) is 15.5. The lowest BCUT2D eigenvalue weighted by Gasteiger charge is -2.26. The topological polar surface area (TPSA) is 49.6 Å². The molecule has 5 nitrogen and oxygen atoms in total. The van der Waals surface area contributed by atoms with E-state index in [0.717, 1.165) is 31.7 Å². The van der Waals surface area contributed by atoms with Crippen LogP contribution < -0.4 is 0 Å². The molecule has 2 saturated heterocycles. The lowest BCUT2D eigenvalue weighted by atomic mass is 10.1. The van der Waals surface area contributed by atoms with Crippen LogP contribution in [-0.4, -0.2) is 53.1 Å². The number of amides is 1. The van der Waals surface area contributed by atoms with E-state index in [0.29, 0.717) is 11.7 Å². The van der Waals surface area contributed by atoms with Crippen LogP contribution in [0.4, 0.5) is 0 Å². The minimum absolute atomic E-state index is 0.0257. The SMILES string of the molecule is CC(C)c1cc(C(=O)N2CCC[C@H](N3CCCC3)CC2)no1. The molecule has 0 N–H and O–H groups in total. The minimum atomic E-state index is 0.0257. The molecule has 0 saturated carbocycles. The molecule has 1 aromatic heterocycles. The monoisotopic (exact) mass is 305 g/mol. The minimum Gasteiger partial charge on any atom is -0.360 e. The Balaban J connectivity index is 1.60. The molecule has 0 unspecified atom stereocenters. The van der Waals surface area contributed by atoms with E-state index in [-0.39, 0.29) is 11.8 Å². The maximum absolute atomic E-state index is 12.6. The van der Waals surface area contributed by atoms with Gasteiger partial charge in [0.15, 0.2) is 5.69 Å². The summed E-state index contributed by atoms with van der Waals surface area (Å²) in [7, 11) is 0. The number of nitrogens with zero attached hydrogens (tertiary/aromatic N) is 3. The summed E-state index contributed by atoms with van der Waals surface area (Å²) in [5, 5.41) is 3.96. The number of likely N-dealkylation sites (tertiary alicyclic amines) is 2. The maximum atomic E-state index is 12.6. The van der Waals surface area contributed by atoms with Crippen LogP contribution >= 0.6 is 0 Å². The van der Waals surface area contributed by atoms with Crippen molar-refractivity contribution in [1.82, 2.24) is 15.0 Å². The molecule has 1 amide bonds. The van der Waals surface area contributed by atoms with Crippen molar-refractivity contribution < 1.29 is 9.32 Å². The second-order valence-electron chi connectivity index (χ2n) is 6.89. The molecule has 3 rings (SSSR count). The Morgan fingerprint density at radius 1 is 1.18 bits per heavy atom. The van der Waals surface area contributed by atoms with E-state index >= 15 is 0 Å². The van der Waals surface area contributed by atoms with Crippen LogP contribution in [0.3, 0.4) is 0 Å². The summed E-state index contributed by atoms with van der Waals surface area (Å²) in [5.74, 6) is 1.07. The molecular formula is C17H27N3O2. The third-order valence-corrected chi connectivity index (χ3v) is 4.96. The Bertz CT molecular complexity index is 506. The number of carbonyl (C=O) groups is 1. The summed E-state index contributed by atoms with van der Waals surface area (Å²) in [6.45, 7) is 8.24. The molecule has 3 heterocycles. The Labute approximate surface area is 132 Å². The van der Waals surface area contributed by atoms with Gasteiger partial charge < -0.3 is 14.3 Å². The highest BCUT2D eigenvalue weighted by atomic mass is 16.5. The zero-order valence-corrected chi connectivity index (χ0v) is 13.8. The Morgan fingerprint density at radius 3 is 2.64 bits per heavy atom. The van der Waals surface area contributed by atoms with Gasteiger partial charge in [-0.1, -0.05) is 19.0 Å². The first-order valence-corrected chi connectivity index (χ1v) is 8.65. The van der Waals surface area contributed by atoms with E-state index < -0.39 is 0 Å². The fraction of sp³-hybridized carbons (Fsp3) is 0.765. The van der Waals surface area contributed by atoms with Crippen molar-refractivity contribution in [2.75, 3.05) is 26.2 Å². The van der Waals surface area contributed by atoms with Gasteiger partial charge in [0.1, 0.15) is 5.76 Å². The lowest BCUT2D eigenvalue weighted by Crippen LogP contribution is -2.35. The van der Waals surface area contributed by atoms with Gasteiger partial charge in [0.05, 0.1) is 0 Å². The van der Waals surface area contributed by atoms with Crippen LogP contribution in [0.5, 0.6) is 0 Å². The number of hydrogen-bond acceptors (Lipinski definition) is 4. The van der Waals surface area contributed by atoms with Crippen molar-refractivity contribution in [3.8, 4) is 0 Å². The van der Waals surface area contributed by atoms with Crippen molar-refractivity contribution in [2.24, 2.45) is 0 Å². The number of rotatable bonds is 3. The van der Waals surface area contributed by atoms with Crippen molar-refractivity contribution in [3.63, 3.8) is 0 Å². The van der Waals surface area contributed by atoms with Crippen molar-refractivity contribution in [2.45, 2.75) is 57.9 Å². The summed E-state index contributed by atoms with van der Waals surface area (Å²) < 4.78 is 5.27. The predicted octanol–water partition coefficient (Wildman–Crippen LogP) is 2.89. The van der Waals surface area contributed by atoms with Gasteiger partial charge in [-0.05, 0) is 45.2 Å². The summed E-state index contributed by atoms with van der Waals surface area (Å²) in [5.41, 5.74) is 0.461. The fourth-order valence-electron chi connectivity index (χ4n) is 3.58. The highest BCUT2D eigenvalue weighted by Gasteiger charge is 2.28. The molecule has 5 heteroatoms. The molecule has 2 fully saturated rings. The van der Waals surface area contributed by atoms with E-state index in [4.69, 9.17) is 4.52 Å². The molecule has 22 heavy (non-hydrogen) atoms. The molecular weight excluding hydrogens is 278 g/mol. The van der Waals surface area contributed by atoms with E-state index in [1.54, 1.807) is 6.07 Å². The van der Waals surface area contributed by atoms with E-state index in [9.17, 15) is 4.79 Å². The fourth-order valence-corrected chi connectivity index (χ4v) is 3.58. The zero-order valence-electron chi connectivity index (χ0n) is 13.8. The smallest absolute Gasteiger partial charge is 0.276 e. The largest absolute Gasteiger partial charge is 0.360 e. The molecule has 0 aliphatic carbocycles. The van der Waals surface area contributed by atoms with Crippen LogP contribution in [0.1, 0.15) is 68.1 Å². The quantitative estimate of drug-likeness (QED) is 0.861. The molecule has 2 aliphatic heterocycles. The van der Waals surface area contributed by atoms with Gasteiger partial charge in [-0.25, -0.2) is 0 Å². The second-order valence-corrected chi connectivity index (χ2v) is 6.89. The molecule has 0 spiro atoms. The van der Waals surface area contributed by atoms with Crippen LogP contribution in [0.15, 0.2) is 10.6 Å². The third kappa shape index (κ3) is 3.35. The van der Waals surface area contributed by atoms with Crippen molar-refractivity contribution in [1.29, 1.82) is 0 Å². The van der Waals surface area contributed by atoms with Crippen LogP contribution in [0, 0.1) is 0 Å². The Hall–Kier alpha value is -1.36. The van der Waals surface area contributed by atoms with Gasteiger partial charge in [0, 0.05) is 31.1 Å². The highest BCUT2D eigenvalue weighted by molar-refractivity contribution is 5.92. The van der Waals surface area contributed by atoms with Gasteiger partial charge in [-0.2, -0.15) is 0 Å². The van der Waals surface area contributed by atoms with Gasteiger partial charge in [-0.3, -0.25) is 4.79 Å². The first-order valence-electron chi connectivity index (χ1n) is 8.65. The van der Waals surface area contributed by atoms with E-state index in [1.165, 1.54) is 32.4 Å². The second kappa shape index (κ2) is 6.82. The average Bonchev–Trinajstić information content (AvgIpc) is 3.14. The van der Waals surface area contributed by atoms with Crippen molar-refractivity contribution >= 4 is 5.91 Å². The average molecular weight is 305 g/mol. The molecule has 0 bridgehead atoms.